The van der Waals surface area contributed by atoms with Crippen LogP contribution in [0.1, 0.15) is 19.4 Å². The summed E-state index contributed by atoms with van der Waals surface area (Å²) >= 11 is 0. The summed E-state index contributed by atoms with van der Waals surface area (Å²) < 4.78 is 0. The predicted molar refractivity (Wildman–Crippen MR) is 55.8 cm³/mol. The molecule has 0 fully saturated rings. The maximum atomic E-state index is 4.29. The third kappa shape index (κ3) is 3.03. The van der Waals surface area contributed by atoms with Crippen LogP contribution in [-0.4, -0.2) is 18.1 Å². The van der Waals surface area contributed by atoms with Crippen molar-refractivity contribution in [3.8, 4) is 0 Å². The Balaban J connectivity index is 2.78. The fourth-order valence-electron chi connectivity index (χ4n) is 1.18. The van der Waals surface area contributed by atoms with E-state index >= 15 is 0 Å². The van der Waals surface area contributed by atoms with Crippen molar-refractivity contribution < 1.29 is 0 Å². The molecule has 0 unspecified atom stereocenters. The number of anilines is 1. The Labute approximate surface area is 79.6 Å². The van der Waals surface area contributed by atoms with Gasteiger partial charge in [-0.05, 0) is 27.0 Å². The molecular formula is C10H17N3. The normalized spacial score (nSPS) is 10.5. The first kappa shape index (κ1) is 9.99. The van der Waals surface area contributed by atoms with E-state index in [9.17, 15) is 0 Å². The molecule has 0 aliphatic carbocycles. The van der Waals surface area contributed by atoms with Gasteiger partial charge in [-0.2, -0.15) is 0 Å². The minimum absolute atomic E-state index is 0.422. The van der Waals surface area contributed by atoms with Crippen LogP contribution in [-0.2, 0) is 6.54 Å². The Hall–Kier alpha value is -1.09. The van der Waals surface area contributed by atoms with Crippen LogP contribution >= 0.6 is 0 Å². The molecule has 0 saturated carbocycles. The molecule has 3 nitrogen and oxygen atoms in total. The van der Waals surface area contributed by atoms with E-state index in [1.807, 2.05) is 19.3 Å². The van der Waals surface area contributed by atoms with Gasteiger partial charge in [0, 0.05) is 24.3 Å². The number of hydrogen-bond donors (Lipinski definition) is 2. The molecule has 3 heteroatoms. The maximum Gasteiger partial charge on any atom is 0.130 e. The van der Waals surface area contributed by atoms with Gasteiger partial charge in [-0.15, -0.1) is 0 Å². The van der Waals surface area contributed by atoms with E-state index in [1.54, 1.807) is 0 Å². The molecule has 0 bridgehead atoms. The fourth-order valence-corrected chi connectivity index (χ4v) is 1.18. The molecule has 72 valence electrons. The Morgan fingerprint density at radius 1 is 1.46 bits per heavy atom. The molecule has 1 rings (SSSR count). The van der Waals surface area contributed by atoms with Crippen LogP contribution in [0.4, 0.5) is 5.82 Å². The van der Waals surface area contributed by atoms with Crippen molar-refractivity contribution in [2.75, 3.05) is 12.4 Å². The van der Waals surface area contributed by atoms with Crippen LogP contribution in [0.2, 0.25) is 0 Å². The fraction of sp³-hybridized carbons (Fsp3) is 0.500. The summed E-state index contributed by atoms with van der Waals surface area (Å²) in [5.74, 6) is 0.979. The van der Waals surface area contributed by atoms with Crippen LogP contribution in [0.5, 0.6) is 0 Å². The van der Waals surface area contributed by atoms with Crippen LogP contribution in [0.15, 0.2) is 18.3 Å². The lowest BCUT2D eigenvalue weighted by Gasteiger charge is -2.12. The lowest BCUT2D eigenvalue weighted by Crippen LogP contribution is -2.15. The number of nitrogens with one attached hydrogen (secondary N) is 2. The number of hydrogen-bond acceptors (Lipinski definition) is 3. The summed E-state index contributed by atoms with van der Waals surface area (Å²) in [5.41, 5.74) is 1.21. The molecule has 2 N–H and O–H groups in total. The van der Waals surface area contributed by atoms with E-state index in [2.05, 4.69) is 35.5 Å². The quantitative estimate of drug-likeness (QED) is 0.737. The third-order valence-electron chi connectivity index (χ3n) is 1.68. The van der Waals surface area contributed by atoms with Gasteiger partial charge in [0.25, 0.3) is 0 Å². The zero-order valence-corrected chi connectivity index (χ0v) is 8.46. The molecule has 1 heterocycles. The van der Waals surface area contributed by atoms with Crippen LogP contribution in [0.25, 0.3) is 0 Å². The zero-order chi connectivity index (χ0) is 9.68. The van der Waals surface area contributed by atoms with Crippen molar-refractivity contribution >= 4 is 5.82 Å². The second kappa shape index (κ2) is 4.82. The zero-order valence-electron chi connectivity index (χ0n) is 8.46. The SMILES string of the molecule is CNCc1cccnc1NC(C)C. The first-order valence-electron chi connectivity index (χ1n) is 4.59. The van der Waals surface area contributed by atoms with Crippen LogP contribution < -0.4 is 10.6 Å². The standard InChI is InChI=1S/C10H17N3/c1-8(2)13-10-9(7-11-3)5-4-6-12-10/h4-6,8,11H,7H2,1-3H3,(H,12,13). The highest BCUT2D eigenvalue weighted by Gasteiger charge is 2.02. The topological polar surface area (TPSA) is 37.0 Å². The lowest BCUT2D eigenvalue weighted by atomic mass is 10.2. The molecule has 1 aromatic heterocycles. The van der Waals surface area contributed by atoms with Crippen molar-refractivity contribution in [2.45, 2.75) is 26.4 Å². The first-order chi connectivity index (χ1) is 6.24. The average Bonchev–Trinajstić information content (AvgIpc) is 2.08. The summed E-state index contributed by atoms with van der Waals surface area (Å²) in [5, 5.41) is 6.42. The highest BCUT2D eigenvalue weighted by molar-refractivity contribution is 5.44. The Kier molecular flexibility index (Phi) is 3.71. The Morgan fingerprint density at radius 2 is 2.23 bits per heavy atom. The molecular weight excluding hydrogens is 162 g/mol. The van der Waals surface area contributed by atoms with Crippen molar-refractivity contribution in [3.05, 3.63) is 23.9 Å². The minimum atomic E-state index is 0.422. The summed E-state index contributed by atoms with van der Waals surface area (Å²) in [6.07, 6.45) is 1.81. The largest absolute Gasteiger partial charge is 0.368 e. The van der Waals surface area contributed by atoms with Gasteiger partial charge in [0.1, 0.15) is 5.82 Å². The number of pyridine rings is 1. The van der Waals surface area contributed by atoms with E-state index in [1.165, 1.54) is 5.56 Å². The summed E-state index contributed by atoms with van der Waals surface area (Å²) in [4.78, 5) is 4.29. The maximum absolute atomic E-state index is 4.29. The highest BCUT2D eigenvalue weighted by atomic mass is 15.0. The van der Waals surface area contributed by atoms with E-state index in [0.29, 0.717) is 6.04 Å². The van der Waals surface area contributed by atoms with Gasteiger partial charge >= 0.3 is 0 Å². The van der Waals surface area contributed by atoms with Crippen LogP contribution in [0.3, 0.4) is 0 Å². The van der Waals surface area contributed by atoms with Gasteiger partial charge in [-0.1, -0.05) is 6.07 Å². The second-order valence-corrected chi connectivity index (χ2v) is 3.34. The molecule has 13 heavy (non-hydrogen) atoms. The molecule has 0 radical (unpaired) electrons. The summed E-state index contributed by atoms with van der Waals surface area (Å²) in [7, 11) is 1.94. The van der Waals surface area contributed by atoms with Crippen molar-refractivity contribution in [2.24, 2.45) is 0 Å². The average molecular weight is 179 g/mol. The van der Waals surface area contributed by atoms with Gasteiger partial charge < -0.3 is 10.6 Å². The van der Waals surface area contributed by atoms with E-state index in [-0.39, 0.29) is 0 Å². The van der Waals surface area contributed by atoms with Gasteiger partial charge in [0.2, 0.25) is 0 Å². The second-order valence-electron chi connectivity index (χ2n) is 3.34. The number of nitrogens with zero attached hydrogens (tertiary/aromatic N) is 1. The summed E-state index contributed by atoms with van der Waals surface area (Å²) in [6, 6.07) is 4.46. The Morgan fingerprint density at radius 3 is 2.85 bits per heavy atom. The van der Waals surface area contributed by atoms with Gasteiger partial charge in [-0.3, -0.25) is 0 Å². The lowest BCUT2D eigenvalue weighted by molar-refractivity contribution is 0.805. The Bertz CT molecular complexity index is 258. The molecule has 0 spiro atoms. The van der Waals surface area contributed by atoms with Crippen molar-refractivity contribution in [1.82, 2.24) is 10.3 Å². The number of aromatic nitrogens is 1. The van der Waals surface area contributed by atoms with Gasteiger partial charge in [0.05, 0.1) is 0 Å². The molecule has 0 amide bonds. The minimum Gasteiger partial charge on any atom is -0.368 e. The smallest absolute Gasteiger partial charge is 0.130 e. The molecule has 0 aliphatic rings. The highest BCUT2D eigenvalue weighted by Crippen LogP contribution is 2.11. The van der Waals surface area contributed by atoms with E-state index < -0.39 is 0 Å². The van der Waals surface area contributed by atoms with Gasteiger partial charge in [0.15, 0.2) is 0 Å². The van der Waals surface area contributed by atoms with Crippen LogP contribution in [0, 0.1) is 0 Å². The molecule has 1 aromatic rings. The summed E-state index contributed by atoms with van der Waals surface area (Å²) in [6.45, 7) is 5.07. The van der Waals surface area contributed by atoms with E-state index in [4.69, 9.17) is 0 Å². The number of rotatable bonds is 4. The molecule has 0 aromatic carbocycles. The van der Waals surface area contributed by atoms with Crippen molar-refractivity contribution in [3.63, 3.8) is 0 Å². The van der Waals surface area contributed by atoms with Gasteiger partial charge in [-0.25, -0.2) is 4.98 Å². The predicted octanol–water partition coefficient (Wildman–Crippen LogP) is 1.62. The molecule has 0 saturated heterocycles. The van der Waals surface area contributed by atoms with E-state index in [0.717, 1.165) is 12.4 Å². The third-order valence-corrected chi connectivity index (χ3v) is 1.68. The molecule has 0 atom stereocenters. The monoisotopic (exact) mass is 179 g/mol. The van der Waals surface area contributed by atoms with Crippen molar-refractivity contribution in [1.29, 1.82) is 0 Å². The molecule has 0 aliphatic heterocycles. The first-order valence-corrected chi connectivity index (χ1v) is 4.59.